The number of carbonyl (C=O) groups is 1. The van der Waals surface area contributed by atoms with Crippen molar-refractivity contribution in [2.24, 2.45) is 4.99 Å². The quantitative estimate of drug-likeness (QED) is 0.661. The van der Waals surface area contributed by atoms with Gasteiger partial charge >= 0.3 is 5.97 Å². The zero-order valence-corrected chi connectivity index (χ0v) is 16.6. The molecule has 2 aliphatic carbocycles. The molecular weight excluding hydrogens is 399 g/mol. The molecule has 1 aliphatic heterocycles. The van der Waals surface area contributed by atoms with Crippen molar-refractivity contribution in [1.82, 2.24) is 14.5 Å². The number of allylic oxidation sites excluding steroid dienone is 4. The molecule has 1 fully saturated rings. The van der Waals surface area contributed by atoms with Crippen molar-refractivity contribution in [3.63, 3.8) is 0 Å². The Morgan fingerprint density at radius 3 is 2.81 bits per heavy atom. The number of aromatic nitrogens is 3. The van der Waals surface area contributed by atoms with E-state index in [0.29, 0.717) is 34.9 Å². The predicted molar refractivity (Wildman–Crippen MR) is 112 cm³/mol. The highest BCUT2D eigenvalue weighted by atomic mass is 19.1. The summed E-state index contributed by atoms with van der Waals surface area (Å²) in [6, 6.07) is 1.17. The molecule has 0 radical (unpaired) electrons. The van der Waals surface area contributed by atoms with Crippen LogP contribution in [0.2, 0.25) is 0 Å². The lowest BCUT2D eigenvalue weighted by molar-refractivity contribution is 0.0693. The monoisotopic (exact) mass is 416 g/mol. The first-order valence-corrected chi connectivity index (χ1v) is 10.3. The summed E-state index contributed by atoms with van der Waals surface area (Å²) in [7, 11) is 0. The second-order valence-electron chi connectivity index (χ2n) is 8.03. The lowest BCUT2D eigenvalue weighted by atomic mass is 10.0. The van der Waals surface area contributed by atoms with Crippen LogP contribution in [0.3, 0.4) is 0 Å². The van der Waals surface area contributed by atoms with E-state index in [4.69, 9.17) is 0 Å². The Balaban J connectivity index is 1.86. The highest BCUT2D eigenvalue weighted by Crippen LogP contribution is 2.40. The third-order valence-corrected chi connectivity index (χ3v) is 6.14. The van der Waals surface area contributed by atoms with Gasteiger partial charge in [0.15, 0.2) is 11.3 Å². The molecule has 31 heavy (non-hydrogen) atoms. The van der Waals surface area contributed by atoms with Crippen molar-refractivity contribution in [1.29, 1.82) is 0 Å². The van der Waals surface area contributed by atoms with Gasteiger partial charge in [-0.3, -0.25) is 4.79 Å². The van der Waals surface area contributed by atoms with Crippen LogP contribution in [0.4, 0.5) is 4.39 Å². The fourth-order valence-electron chi connectivity index (χ4n) is 4.66. The lowest BCUT2D eigenvalue weighted by Gasteiger charge is -2.19. The Morgan fingerprint density at radius 2 is 2.10 bits per heavy atom. The Labute approximate surface area is 174 Å². The maximum absolute atomic E-state index is 15.2. The summed E-state index contributed by atoms with van der Waals surface area (Å²) in [4.78, 5) is 38.8. The van der Waals surface area contributed by atoms with E-state index < -0.39 is 17.2 Å². The number of nitrogens with zero attached hydrogens (tertiary/aromatic N) is 4. The number of fused-ring (bicyclic) bond motifs is 5. The van der Waals surface area contributed by atoms with E-state index in [1.165, 1.54) is 0 Å². The molecule has 0 saturated heterocycles. The van der Waals surface area contributed by atoms with Crippen LogP contribution in [0.1, 0.15) is 48.3 Å². The molecule has 0 spiro atoms. The van der Waals surface area contributed by atoms with Crippen molar-refractivity contribution < 1.29 is 14.3 Å². The minimum absolute atomic E-state index is 0.0182. The number of rotatable bonds is 3. The molecule has 3 aliphatic rings. The molecule has 7 nitrogen and oxygen atoms in total. The number of carboxylic acids is 1. The van der Waals surface area contributed by atoms with E-state index in [1.807, 2.05) is 29.7 Å². The van der Waals surface area contributed by atoms with E-state index in [1.54, 1.807) is 0 Å². The van der Waals surface area contributed by atoms with Crippen LogP contribution < -0.4 is 16.3 Å². The van der Waals surface area contributed by atoms with Crippen LogP contribution in [-0.2, 0) is 6.42 Å². The van der Waals surface area contributed by atoms with Crippen LogP contribution in [0.25, 0.3) is 27.5 Å². The zero-order valence-electron chi connectivity index (χ0n) is 16.6. The third-order valence-electron chi connectivity index (χ3n) is 6.14. The van der Waals surface area contributed by atoms with Crippen LogP contribution >= 0.6 is 0 Å². The number of pyridine rings is 1. The maximum atomic E-state index is 15.2. The number of aromatic carboxylic acids is 1. The highest BCUT2D eigenvalue weighted by Gasteiger charge is 2.32. The molecule has 3 heterocycles. The first kappa shape index (κ1) is 18.1. The molecular formula is C23H17FN4O3. The summed E-state index contributed by atoms with van der Waals surface area (Å²) in [5.41, 5.74) is 2.30. The van der Waals surface area contributed by atoms with E-state index in [0.717, 1.165) is 30.2 Å². The number of carboxylic acid groups (broad SMARTS) is 1. The van der Waals surface area contributed by atoms with Crippen molar-refractivity contribution in [3.05, 3.63) is 68.1 Å². The fourth-order valence-corrected chi connectivity index (χ4v) is 4.66. The average Bonchev–Trinajstić information content (AvgIpc) is 3.53. The summed E-state index contributed by atoms with van der Waals surface area (Å²) in [5.74, 6) is -1.99. The predicted octanol–water partition coefficient (Wildman–Crippen LogP) is 2.31. The maximum Gasteiger partial charge on any atom is 0.341 e. The molecule has 1 N–H and O–H groups in total. The second-order valence-corrected chi connectivity index (χ2v) is 8.03. The number of benzene rings is 1. The highest BCUT2D eigenvalue weighted by molar-refractivity contribution is 6.04. The van der Waals surface area contributed by atoms with E-state index in [-0.39, 0.29) is 28.0 Å². The van der Waals surface area contributed by atoms with Crippen LogP contribution in [0.15, 0.2) is 39.8 Å². The Bertz CT molecular complexity index is 1610. The molecule has 154 valence electrons. The molecule has 1 aromatic carbocycles. The van der Waals surface area contributed by atoms with Gasteiger partial charge in [-0.2, -0.15) is 0 Å². The van der Waals surface area contributed by atoms with Gasteiger partial charge in [0.25, 0.3) is 0 Å². The van der Waals surface area contributed by atoms with E-state index in [9.17, 15) is 14.7 Å². The Hall–Kier alpha value is -3.68. The lowest BCUT2D eigenvalue weighted by Crippen LogP contribution is -2.31. The zero-order chi connectivity index (χ0) is 21.4. The smallest absolute Gasteiger partial charge is 0.341 e. The summed E-state index contributed by atoms with van der Waals surface area (Å²) in [6.07, 6.45) is 8.50. The molecule has 2 aromatic heterocycles. The first-order chi connectivity index (χ1) is 15.0. The van der Waals surface area contributed by atoms with Gasteiger partial charge in [-0.1, -0.05) is 19.1 Å². The first-order valence-electron chi connectivity index (χ1n) is 10.3. The average molecular weight is 416 g/mol. The molecule has 0 bridgehead atoms. The van der Waals surface area contributed by atoms with Crippen LogP contribution in [0.5, 0.6) is 0 Å². The van der Waals surface area contributed by atoms with E-state index >= 15 is 4.39 Å². The summed E-state index contributed by atoms with van der Waals surface area (Å²) in [6.45, 7) is 1.82. The van der Waals surface area contributed by atoms with Gasteiger partial charge in [0.2, 0.25) is 5.43 Å². The van der Waals surface area contributed by atoms with Crippen molar-refractivity contribution in [3.8, 4) is 0 Å². The Kier molecular flexibility index (Phi) is 3.60. The van der Waals surface area contributed by atoms with Crippen LogP contribution in [0, 0.1) is 5.82 Å². The van der Waals surface area contributed by atoms with Crippen molar-refractivity contribution >= 4 is 33.5 Å². The topological polar surface area (TPSA) is 97.4 Å². The van der Waals surface area contributed by atoms with Gasteiger partial charge in [-0.25, -0.2) is 24.1 Å². The van der Waals surface area contributed by atoms with E-state index in [2.05, 4.69) is 15.0 Å². The SMILES string of the molecule is CCc1c(C(=O)O)c(=O)c2cc(F)c3nc4c(nc3c2n1C1CC1)=NC1=CC=CCC=41. The molecule has 0 atom stereocenters. The molecule has 6 rings (SSSR count). The van der Waals surface area contributed by atoms with Gasteiger partial charge in [-0.15, -0.1) is 0 Å². The van der Waals surface area contributed by atoms with Gasteiger partial charge in [-0.05, 0) is 37.8 Å². The largest absolute Gasteiger partial charge is 0.477 e. The molecule has 0 unspecified atom stereocenters. The summed E-state index contributed by atoms with van der Waals surface area (Å²) >= 11 is 0. The molecule has 8 heteroatoms. The van der Waals surface area contributed by atoms with Crippen molar-refractivity contribution in [2.45, 2.75) is 38.6 Å². The van der Waals surface area contributed by atoms with Gasteiger partial charge in [0.05, 0.1) is 16.6 Å². The number of hydrogen-bond acceptors (Lipinski definition) is 5. The minimum atomic E-state index is -1.30. The number of halogens is 1. The van der Waals surface area contributed by atoms with Gasteiger partial charge < -0.3 is 9.67 Å². The normalized spacial score (nSPS) is 17.0. The van der Waals surface area contributed by atoms with Crippen molar-refractivity contribution in [2.75, 3.05) is 0 Å². The standard InChI is InChI=1S/C23H17FN4O3/c1-2-15-16(23(30)31)21(29)12-9-13(24)18-19(20(12)28(15)10-7-8-10)27-22-17(26-18)11-5-3-4-6-14(11)25-22/h3-4,6,9-10H,2,5,7-8H2,1H3,(H,30,31). The molecule has 3 aromatic rings. The summed E-state index contributed by atoms with van der Waals surface area (Å²) < 4.78 is 17.1. The Morgan fingerprint density at radius 1 is 1.29 bits per heavy atom. The summed E-state index contributed by atoms with van der Waals surface area (Å²) in [5, 5.41) is 10.3. The van der Waals surface area contributed by atoms with Gasteiger partial charge in [0.1, 0.15) is 21.9 Å². The second kappa shape index (κ2) is 6.16. The van der Waals surface area contributed by atoms with Gasteiger partial charge in [0, 0.05) is 17.3 Å². The number of hydrogen-bond donors (Lipinski definition) is 1. The molecule has 0 amide bonds. The molecule has 1 saturated carbocycles. The third kappa shape index (κ3) is 2.41. The van der Waals surface area contributed by atoms with Crippen LogP contribution in [-0.4, -0.2) is 25.6 Å². The minimum Gasteiger partial charge on any atom is -0.477 e. The fraction of sp³-hybridized carbons (Fsp3) is 0.261.